The van der Waals surface area contributed by atoms with Crippen LogP contribution in [0.15, 0.2) is 24.3 Å². The molecular formula is C14H17Cl3IN3OS. The van der Waals surface area contributed by atoms with Crippen molar-refractivity contribution in [2.24, 2.45) is 0 Å². The number of unbranched alkanes of at least 4 members (excludes halogenated alkanes) is 1. The molecule has 1 atom stereocenters. The molecule has 3 N–H and O–H groups in total. The minimum atomic E-state index is -1.74. The average Bonchev–Trinajstić information content (AvgIpc) is 2.46. The number of carbonyl (C=O) groups is 1. The Kier molecular flexibility index (Phi) is 9.21. The summed E-state index contributed by atoms with van der Waals surface area (Å²) < 4.78 is -0.631. The molecule has 0 heterocycles. The summed E-state index contributed by atoms with van der Waals surface area (Å²) in [6.07, 6.45) is 1.11. The highest BCUT2D eigenvalue weighted by Crippen LogP contribution is 2.29. The van der Waals surface area contributed by atoms with Gasteiger partial charge in [0.1, 0.15) is 6.17 Å². The zero-order chi connectivity index (χ0) is 17.5. The van der Waals surface area contributed by atoms with Gasteiger partial charge in [-0.15, -0.1) is 0 Å². The van der Waals surface area contributed by atoms with Crippen LogP contribution in [0.25, 0.3) is 0 Å². The van der Waals surface area contributed by atoms with Gasteiger partial charge in [-0.25, -0.2) is 0 Å². The monoisotopic (exact) mass is 507 g/mol. The van der Waals surface area contributed by atoms with E-state index in [1.807, 2.05) is 31.2 Å². The van der Waals surface area contributed by atoms with E-state index < -0.39 is 9.96 Å². The summed E-state index contributed by atoms with van der Waals surface area (Å²) >= 11 is 25.1. The summed E-state index contributed by atoms with van der Waals surface area (Å²) in [6.45, 7) is 2.00. The molecule has 1 amide bonds. The number of anilines is 1. The van der Waals surface area contributed by atoms with Crippen LogP contribution in [0.1, 0.15) is 26.2 Å². The van der Waals surface area contributed by atoms with E-state index in [1.54, 1.807) is 0 Å². The Morgan fingerprint density at radius 2 is 1.87 bits per heavy atom. The van der Waals surface area contributed by atoms with Crippen molar-refractivity contribution in [1.29, 1.82) is 0 Å². The van der Waals surface area contributed by atoms with Crippen molar-refractivity contribution in [3.8, 4) is 0 Å². The molecule has 4 nitrogen and oxygen atoms in total. The number of halogens is 4. The van der Waals surface area contributed by atoms with Crippen molar-refractivity contribution in [2.75, 3.05) is 5.32 Å². The van der Waals surface area contributed by atoms with E-state index in [0.717, 1.165) is 22.1 Å². The number of benzene rings is 1. The molecule has 0 aliphatic heterocycles. The van der Waals surface area contributed by atoms with Gasteiger partial charge in [0, 0.05) is 15.7 Å². The summed E-state index contributed by atoms with van der Waals surface area (Å²) in [7, 11) is 0. The number of hydrogen-bond donors (Lipinski definition) is 3. The quantitative estimate of drug-likeness (QED) is 0.228. The largest absolute Gasteiger partial charge is 0.339 e. The molecule has 0 spiro atoms. The van der Waals surface area contributed by atoms with Crippen LogP contribution in [0, 0.1) is 3.57 Å². The van der Waals surface area contributed by atoms with Crippen molar-refractivity contribution in [3.63, 3.8) is 0 Å². The molecule has 1 unspecified atom stereocenters. The molecule has 9 heteroatoms. The third-order valence-electron chi connectivity index (χ3n) is 2.77. The highest BCUT2D eigenvalue weighted by molar-refractivity contribution is 14.1. The highest BCUT2D eigenvalue weighted by atomic mass is 127. The number of hydrogen-bond acceptors (Lipinski definition) is 2. The average molecular weight is 509 g/mol. The zero-order valence-electron chi connectivity index (χ0n) is 12.3. The SMILES string of the molecule is CCCCC(=O)NC(NC(=S)Nc1ccc(I)cc1)C(Cl)(Cl)Cl. The lowest BCUT2D eigenvalue weighted by molar-refractivity contribution is -0.122. The molecule has 1 aromatic rings. The first-order chi connectivity index (χ1) is 10.7. The smallest absolute Gasteiger partial charge is 0.228 e. The van der Waals surface area contributed by atoms with Gasteiger partial charge in [-0.3, -0.25) is 4.79 Å². The van der Waals surface area contributed by atoms with E-state index >= 15 is 0 Å². The lowest BCUT2D eigenvalue weighted by atomic mass is 10.2. The van der Waals surface area contributed by atoms with Crippen molar-refractivity contribution in [3.05, 3.63) is 27.8 Å². The van der Waals surface area contributed by atoms with Gasteiger partial charge in [0.15, 0.2) is 5.11 Å². The van der Waals surface area contributed by atoms with Crippen LogP contribution in [0.5, 0.6) is 0 Å². The lowest BCUT2D eigenvalue weighted by Gasteiger charge is -2.27. The molecule has 0 aliphatic carbocycles. The summed E-state index contributed by atoms with van der Waals surface area (Å²) in [4.78, 5) is 11.8. The Labute approximate surface area is 170 Å². The van der Waals surface area contributed by atoms with Gasteiger partial charge in [-0.1, -0.05) is 48.1 Å². The fraction of sp³-hybridized carbons (Fsp3) is 0.429. The Balaban J connectivity index is 2.63. The maximum atomic E-state index is 11.8. The summed E-state index contributed by atoms with van der Waals surface area (Å²) in [5.41, 5.74) is 0.795. The predicted molar refractivity (Wildman–Crippen MR) is 110 cm³/mol. The van der Waals surface area contributed by atoms with Crippen LogP contribution < -0.4 is 16.0 Å². The van der Waals surface area contributed by atoms with E-state index in [2.05, 4.69) is 38.5 Å². The minimum absolute atomic E-state index is 0.201. The summed E-state index contributed by atoms with van der Waals surface area (Å²) in [5, 5.41) is 8.69. The fourth-order valence-electron chi connectivity index (χ4n) is 1.60. The van der Waals surface area contributed by atoms with Gasteiger partial charge in [0.25, 0.3) is 0 Å². The maximum absolute atomic E-state index is 11.8. The number of nitrogens with one attached hydrogen (secondary N) is 3. The van der Waals surface area contributed by atoms with Crippen molar-refractivity contribution < 1.29 is 4.79 Å². The molecule has 0 saturated heterocycles. The normalized spacial score (nSPS) is 12.4. The first kappa shape index (κ1) is 21.0. The van der Waals surface area contributed by atoms with Crippen molar-refractivity contribution >= 4 is 86.3 Å². The van der Waals surface area contributed by atoms with Crippen LogP contribution in [0.2, 0.25) is 0 Å². The molecular weight excluding hydrogens is 492 g/mol. The van der Waals surface area contributed by atoms with Gasteiger partial charge in [0.05, 0.1) is 0 Å². The van der Waals surface area contributed by atoms with Gasteiger partial charge >= 0.3 is 0 Å². The molecule has 128 valence electrons. The Hall–Kier alpha value is -0.0200. The van der Waals surface area contributed by atoms with Crippen LogP contribution in [0.4, 0.5) is 5.69 Å². The molecule has 0 saturated carbocycles. The van der Waals surface area contributed by atoms with Gasteiger partial charge in [-0.05, 0) is 65.5 Å². The Morgan fingerprint density at radius 1 is 1.26 bits per heavy atom. The van der Waals surface area contributed by atoms with Crippen LogP contribution in [-0.4, -0.2) is 21.0 Å². The van der Waals surface area contributed by atoms with E-state index in [0.29, 0.717) is 6.42 Å². The first-order valence-electron chi connectivity index (χ1n) is 6.91. The fourth-order valence-corrected chi connectivity index (χ4v) is 2.52. The third kappa shape index (κ3) is 8.58. The number of carbonyl (C=O) groups excluding carboxylic acids is 1. The molecule has 0 radical (unpaired) electrons. The second kappa shape index (κ2) is 10.1. The number of amides is 1. The van der Waals surface area contributed by atoms with Crippen LogP contribution in [-0.2, 0) is 4.79 Å². The minimum Gasteiger partial charge on any atom is -0.339 e. The van der Waals surface area contributed by atoms with Gasteiger partial charge < -0.3 is 16.0 Å². The zero-order valence-corrected chi connectivity index (χ0v) is 17.6. The second-order valence-electron chi connectivity index (χ2n) is 4.75. The molecule has 0 aromatic heterocycles. The van der Waals surface area contributed by atoms with Crippen LogP contribution >= 0.6 is 69.6 Å². The van der Waals surface area contributed by atoms with E-state index in [9.17, 15) is 4.79 Å². The Bertz CT molecular complexity index is 537. The maximum Gasteiger partial charge on any atom is 0.228 e. The summed E-state index contributed by atoms with van der Waals surface area (Å²) in [6, 6.07) is 7.62. The van der Waals surface area contributed by atoms with Gasteiger partial charge in [0.2, 0.25) is 9.70 Å². The number of rotatable bonds is 6. The molecule has 0 fully saturated rings. The number of alkyl halides is 3. The van der Waals surface area contributed by atoms with Crippen LogP contribution in [0.3, 0.4) is 0 Å². The van der Waals surface area contributed by atoms with E-state index in [-0.39, 0.29) is 11.0 Å². The predicted octanol–water partition coefficient (Wildman–Crippen LogP) is 4.58. The molecule has 1 aromatic carbocycles. The first-order valence-corrected chi connectivity index (χ1v) is 9.53. The van der Waals surface area contributed by atoms with Crippen molar-refractivity contribution in [1.82, 2.24) is 10.6 Å². The van der Waals surface area contributed by atoms with E-state index in [4.69, 9.17) is 47.0 Å². The molecule has 0 aliphatic rings. The molecule has 1 rings (SSSR count). The standard InChI is InChI=1S/C14H17Cl3IN3OS/c1-2-3-4-11(22)20-12(14(15,16)17)21-13(23)19-10-7-5-9(18)6-8-10/h5-8,12H,2-4H2,1H3,(H,20,22)(H2,19,21,23). The lowest BCUT2D eigenvalue weighted by Crippen LogP contribution is -2.56. The number of thiocarbonyl (C=S) groups is 1. The Morgan fingerprint density at radius 3 is 2.39 bits per heavy atom. The summed E-state index contributed by atoms with van der Waals surface area (Å²) in [5.74, 6) is -0.201. The topological polar surface area (TPSA) is 53.2 Å². The van der Waals surface area contributed by atoms with E-state index in [1.165, 1.54) is 0 Å². The van der Waals surface area contributed by atoms with Crippen molar-refractivity contribution in [2.45, 2.75) is 36.1 Å². The molecule has 0 bridgehead atoms. The second-order valence-corrected chi connectivity index (χ2v) is 8.77. The molecule has 23 heavy (non-hydrogen) atoms. The highest BCUT2D eigenvalue weighted by Gasteiger charge is 2.34. The third-order valence-corrected chi connectivity index (χ3v) is 4.36. The van der Waals surface area contributed by atoms with Gasteiger partial charge in [-0.2, -0.15) is 0 Å².